The Labute approximate surface area is 114 Å². The van der Waals surface area contributed by atoms with E-state index in [9.17, 15) is 0 Å². The molecule has 2 aromatic rings. The second-order valence-electron chi connectivity index (χ2n) is 4.99. The van der Waals surface area contributed by atoms with Crippen LogP contribution in [0.1, 0.15) is 17.2 Å². The van der Waals surface area contributed by atoms with Crippen LogP contribution >= 0.6 is 0 Å². The maximum Gasteiger partial charge on any atom is 0.0952 e. The molecule has 0 aliphatic carbocycles. The maximum absolute atomic E-state index is 5.89. The number of rotatable bonds is 3. The zero-order valence-corrected chi connectivity index (χ0v) is 11.0. The quantitative estimate of drug-likeness (QED) is 0.832. The Morgan fingerprint density at radius 2 is 1.63 bits per heavy atom. The summed E-state index contributed by atoms with van der Waals surface area (Å²) in [6, 6.07) is 21.1. The molecule has 0 unspecified atom stereocenters. The lowest BCUT2D eigenvalue weighted by Gasteiger charge is -2.33. The standard InChI is InChI=1S/C17H19NO/c1-3-7-15(8-4-1)13-18-11-12-19-17(14-18)16-9-5-2-6-10-16/h1-10,17H,11-14H2/t17-/m1/s1. The molecule has 0 aromatic heterocycles. The van der Waals surface area contributed by atoms with Crippen LogP contribution in [0, 0.1) is 0 Å². The molecule has 1 atom stereocenters. The smallest absolute Gasteiger partial charge is 0.0952 e. The molecule has 98 valence electrons. The number of hydrogen-bond donors (Lipinski definition) is 0. The third-order valence-corrected chi connectivity index (χ3v) is 3.57. The summed E-state index contributed by atoms with van der Waals surface area (Å²) in [5.74, 6) is 0. The Morgan fingerprint density at radius 3 is 2.37 bits per heavy atom. The molecule has 1 aliphatic heterocycles. The number of morpholine rings is 1. The molecule has 1 saturated heterocycles. The van der Waals surface area contributed by atoms with E-state index in [0.29, 0.717) is 0 Å². The molecule has 1 fully saturated rings. The molecule has 0 N–H and O–H groups in total. The minimum atomic E-state index is 0.207. The minimum Gasteiger partial charge on any atom is -0.371 e. The van der Waals surface area contributed by atoms with Gasteiger partial charge in [0.05, 0.1) is 12.7 Å². The van der Waals surface area contributed by atoms with Crippen LogP contribution < -0.4 is 0 Å². The fraction of sp³-hybridized carbons (Fsp3) is 0.294. The van der Waals surface area contributed by atoms with Crippen molar-refractivity contribution in [3.63, 3.8) is 0 Å². The van der Waals surface area contributed by atoms with Crippen molar-refractivity contribution < 1.29 is 4.74 Å². The fourth-order valence-electron chi connectivity index (χ4n) is 2.56. The molecule has 2 aromatic carbocycles. The predicted molar refractivity (Wildman–Crippen MR) is 76.9 cm³/mol. The molecule has 0 bridgehead atoms. The van der Waals surface area contributed by atoms with Crippen molar-refractivity contribution in [2.24, 2.45) is 0 Å². The summed E-state index contributed by atoms with van der Waals surface area (Å²) >= 11 is 0. The Hall–Kier alpha value is -1.64. The molecule has 3 rings (SSSR count). The first-order chi connectivity index (χ1) is 9.42. The van der Waals surface area contributed by atoms with Crippen LogP contribution in [0.25, 0.3) is 0 Å². The maximum atomic E-state index is 5.89. The van der Waals surface area contributed by atoms with Crippen LogP contribution in [-0.2, 0) is 11.3 Å². The van der Waals surface area contributed by atoms with Gasteiger partial charge < -0.3 is 4.74 Å². The van der Waals surface area contributed by atoms with E-state index < -0.39 is 0 Å². The van der Waals surface area contributed by atoms with Gasteiger partial charge in [-0.15, -0.1) is 0 Å². The summed E-state index contributed by atoms with van der Waals surface area (Å²) in [7, 11) is 0. The van der Waals surface area contributed by atoms with E-state index in [0.717, 1.165) is 26.2 Å². The van der Waals surface area contributed by atoms with Gasteiger partial charge in [-0.2, -0.15) is 0 Å². The number of nitrogens with zero attached hydrogens (tertiary/aromatic N) is 1. The highest BCUT2D eigenvalue weighted by atomic mass is 16.5. The highest BCUT2D eigenvalue weighted by Crippen LogP contribution is 2.22. The lowest BCUT2D eigenvalue weighted by Crippen LogP contribution is -2.37. The molecule has 0 saturated carbocycles. The highest BCUT2D eigenvalue weighted by Gasteiger charge is 2.21. The molecule has 1 aliphatic rings. The first-order valence-corrected chi connectivity index (χ1v) is 6.84. The van der Waals surface area contributed by atoms with Crippen LogP contribution in [0.5, 0.6) is 0 Å². The molecule has 0 amide bonds. The van der Waals surface area contributed by atoms with E-state index in [-0.39, 0.29) is 6.10 Å². The number of ether oxygens (including phenoxy) is 1. The monoisotopic (exact) mass is 253 g/mol. The molecular formula is C17H19NO. The Bertz CT molecular complexity index is 497. The van der Waals surface area contributed by atoms with E-state index in [1.807, 2.05) is 6.07 Å². The average Bonchev–Trinajstić information content (AvgIpc) is 2.49. The third kappa shape index (κ3) is 3.22. The van der Waals surface area contributed by atoms with E-state index in [2.05, 4.69) is 59.5 Å². The van der Waals surface area contributed by atoms with Gasteiger partial charge in [0.25, 0.3) is 0 Å². The van der Waals surface area contributed by atoms with Gasteiger partial charge in [0.1, 0.15) is 0 Å². The molecule has 0 spiro atoms. The molecule has 19 heavy (non-hydrogen) atoms. The Morgan fingerprint density at radius 1 is 0.947 bits per heavy atom. The molecule has 1 heterocycles. The van der Waals surface area contributed by atoms with Crippen molar-refractivity contribution in [1.29, 1.82) is 0 Å². The highest BCUT2D eigenvalue weighted by molar-refractivity contribution is 5.19. The van der Waals surface area contributed by atoms with Crippen molar-refractivity contribution >= 4 is 0 Å². The van der Waals surface area contributed by atoms with Crippen LogP contribution in [-0.4, -0.2) is 24.6 Å². The van der Waals surface area contributed by atoms with E-state index in [1.165, 1.54) is 11.1 Å². The van der Waals surface area contributed by atoms with Crippen molar-refractivity contribution in [1.82, 2.24) is 4.90 Å². The third-order valence-electron chi connectivity index (χ3n) is 3.57. The number of benzene rings is 2. The first kappa shape index (κ1) is 12.4. The summed E-state index contributed by atoms with van der Waals surface area (Å²) in [5, 5.41) is 0. The minimum absolute atomic E-state index is 0.207. The van der Waals surface area contributed by atoms with Crippen LogP contribution in [0.15, 0.2) is 60.7 Å². The molecule has 2 nitrogen and oxygen atoms in total. The summed E-state index contributed by atoms with van der Waals surface area (Å²) in [6.07, 6.45) is 0.207. The van der Waals surface area contributed by atoms with E-state index >= 15 is 0 Å². The van der Waals surface area contributed by atoms with E-state index in [1.54, 1.807) is 0 Å². The fourth-order valence-corrected chi connectivity index (χ4v) is 2.56. The van der Waals surface area contributed by atoms with Crippen LogP contribution in [0.3, 0.4) is 0 Å². The lowest BCUT2D eigenvalue weighted by atomic mass is 10.1. The van der Waals surface area contributed by atoms with Crippen LogP contribution in [0.4, 0.5) is 0 Å². The molecule has 0 radical (unpaired) electrons. The Balaban J connectivity index is 1.65. The van der Waals surface area contributed by atoms with Crippen molar-refractivity contribution in [2.75, 3.05) is 19.7 Å². The topological polar surface area (TPSA) is 12.5 Å². The first-order valence-electron chi connectivity index (χ1n) is 6.84. The summed E-state index contributed by atoms with van der Waals surface area (Å²) < 4.78 is 5.89. The second-order valence-corrected chi connectivity index (χ2v) is 4.99. The predicted octanol–water partition coefficient (Wildman–Crippen LogP) is 3.26. The SMILES string of the molecule is c1ccc(CN2CCO[C@@H](c3ccccc3)C2)cc1. The summed E-state index contributed by atoms with van der Waals surface area (Å²) in [4.78, 5) is 2.47. The lowest BCUT2D eigenvalue weighted by molar-refractivity contribution is -0.0329. The number of hydrogen-bond acceptors (Lipinski definition) is 2. The van der Waals surface area contributed by atoms with Gasteiger partial charge in [-0.25, -0.2) is 0 Å². The van der Waals surface area contributed by atoms with Gasteiger partial charge in [-0.1, -0.05) is 60.7 Å². The van der Waals surface area contributed by atoms with Crippen molar-refractivity contribution in [3.8, 4) is 0 Å². The Kier molecular flexibility index (Phi) is 3.92. The summed E-state index contributed by atoms with van der Waals surface area (Å²) in [5.41, 5.74) is 2.65. The van der Waals surface area contributed by atoms with Gasteiger partial charge in [-0.05, 0) is 11.1 Å². The molecule has 2 heteroatoms. The second kappa shape index (κ2) is 6.00. The average molecular weight is 253 g/mol. The van der Waals surface area contributed by atoms with Gasteiger partial charge >= 0.3 is 0 Å². The van der Waals surface area contributed by atoms with Crippen molar-refractivity contribution in [3.05, 3.63) is 71.8 Å². The van der Waals surface area contributed by atoms with Crippen LogP contribution in [0.2, 0.25) is 0 Å². The van der Waals surface area contributed by atoms with Gasteiger partial charge in [0, 0.05) is 19.6 Å². The summed E-state index contributed by atoms with van der Waals surface area (Å²) in [6.45, 7) is 3.80. The zero-order chi connectivity index (χ0) is 12.9. The van der Waals surface area contributed by atoms with Gasteiger partial charge in [-0.3, -0.25) is 4.90 Å². The van der Waals surface area contributed by atoms with E-state index in [4.69, 9.17) is 4.74 Å². The molecular weight excluding hydrogens is 234 g/mol. The zero-order valence-electron chi connectivity index (χ0n) is 11.0. The van der Waals surface area contributed by atoms with Gasteiger partial charge in [0.2, 0.25) is 0 Å². The normalized spacial score (nSPS) is 20.3. The largest absolute Gasteiger partial charge is 0.371 e. The van der Waals surface area contributed by atoms with Crippen molar-refractivity contribution in [2.45, 2.75) is 12.6 Å². The van der Waals surface area contributed by atoms with Gasteiger partial charge in [0.15, 0.2) is 0 Å².